The maximum atomic E-state index is 12.1. The van der Waals surface area contributed by atoms with Crippen molar-refractivity contribution in [3.8, 4) is 11.5 Å². The number of amides is 1. The van der Waals surface area contributed by atoms with Gasteiger partial charge in [0, 0.05) is 12.6 Å². The summed E-state index contributed by atoms with van der Waals surface area (Å²) in [7, 11) is 1.60. The van der Waals surface area contributed by atoms with Crippen LogP contribution in [0.2, 0.25) is 0 Å². The second-order valence-corrected chi connectivity index (χ2v) is 6.72. The van der Waals surface area contributed by atoms with Crippen LogP contribution >= 0.6 is 0 Å². The molecular formula is C25H25NO3. The van der Waals surface area contributed by atoms with Gasteiger partial charge in [-0.05, 0) is 41.8 Å². The van der Waals surface area contributed by atoms with Crippen molar-refractivity contribution >= 4 is 12.0 Å². The molecule has 0 radical (unpaired) electrons. The van der Waals surface area contributed by atoms with Crippen LogP contribution in [0, 0.1) is 6.92 Å². The summed E-state index contributed by atoms with van der Waals surface area (Å²) in [5, 5.41) is 2.89. The molecule has 0 saturated heterocycles. The lowest BCUT2D eigenvalue weighted by molar-refractivity contribution is -0.116. The molecule has 148 valence electrons. The fourth-order valence-corrected chi connectivity index (χ4v) is 2.77. The Labute approximate surface area is 171 Å². The van der Waals surface area contributed by atoms with Crippen LogP contribution in [-0.4, -0.2) is 13.0 Å². The van der Waals surface area contributed by atoms with E-state index in [1.807, 2.05) is 79.7 Å². The second-order valence-electron chi connectivity index (χ2n) is 6.72. The van der Waals surface area contributed by atoms with Crippen molar-refractivity contribution in [1.29, 1.82) is 0 Å². The molecular weight excluding hydrogens is 362 g/mol. The van der Waals surface area contributed by atoms with E-state index in [0.717, 1.165) is 16.7 Å². The molecule has 0 aliphatic carbocycles. The van der Waals surface area contributed by atoms with E-state index >= 15 is 0 Å². The molecule has 0 aliphatic heterocycles. The quantitative estimate of drug-likeness (QED) is 0.559. The molecule has 0 unspecified atom stereocenters. The van der Waals surface area contributed by atoms with Gasteiger partial charge in [-0.25, -0.2) is 0 Å². The molecule has 1 amide bonds. The lowest BCUT2D eigenvalue weighted by Crippen LogP contribution is -2.20. The fraction of sp³-hybridized carbons (Fsp3) is 0.160. The van der Waals surface area contributed by atoms with Gasteiger partial charge in [0.25, 0.3) is 0 Å². The minimum absolute atomic E-state index is 0.144. The zero-order valence-corrected chi connectivity index (χ0v) is 16.7. The number of carbonyl (C=O) groups is 1. The third-order valence-corrected chi connectivity index (χ3v) is 4.44. The number of carbonyl (C=O) groups excluding carboxylic acids is 1. The number of ether oxygens (including phenoxy) is 2. The van der Waals surface area contributed by atoms with E-state index < -0.39 is 0 Å². The first-order valence-corrected chi connectivity index (χ1v) is 9.50. The van der Waals surface area contributed by atoms with Crippen LogP contribution in [-0.2, 0) is 17.9 Å². The summed E-state index contributed by atoms with van der Waals surface area (Å²) in [5.74, 6) is 1.15. The van der Waals surface area contributed by atoms with E-state index in [2.05, 4.69) is 5.32 Å². The molecule has 0 aromatic heterocycles. The van der Waals surface area contributed by atoms with Crippen LogP contribution in [0.1, 0.15) is 22.3 Å². The first kappa shape index (κ1) is 20.2. The molecule has 3 aromatic carbocycles. The molecule has 0 aliphatic rings. The predicted molar refractivity (Wildman–Crippen MR) is 116 cm³/mol. The summed E-state index contributed by atoms with van der Waals surface area (Å²) < 4.78 is 11.3. The lowest BCUT2D eigenvalue weighted by Gasteiger charge is -2.11. The summed E-state index contributed by atoms with van der Waals surface area (Å²) >= 11 is 0. The number of hydrogen-bond donors (Lipinski definition) is 1. The van der Waals surface area contributed by atoms with Crippen LogP contribution < -0.4 is 14.8 Å². The predicted octanol–water partition coefficient (Wildman–Crippen LogP) is 4.91. The van der Waals surface area contributed by atoms with Gasteiger partial charge in [0.15, 0.2) is 11.5 Å². The molecule has 0 spiro atoms. The maximum absolute atomic E-state index is 12.1. The molecule has 4 nitrogen and oxygen atoms in total. The van der Waals surface area contributed by atoms with E-state index in [4.69, 9.17) is 9.47 Å². The van der Waals surface area contributed by atoms with Crippen molar-refractivity contribution in [2.75, 3.05) is 7.11 Å². The molecule has 1 N–H and O–H groups in total. The van der Waals surface area contributed by atoms with E-state index in [1.165, 1.54) is 11.6 Å². The van der Waals surface area contributed by atoms with Crippen molar-refractivity contribution < 1.29 is 14.3 Å². The van der Waals surface area contributed by atoms with Gasteiger partial charge < -0.3 is 14.8 Å². The SMILES string of the molecule is COc1cc(/C=C/C(=O)NCc2ccc(C)cc2)ccc1OCc1ccccc1. The van der Waals surface area contributed by atoms with Crippen molar-refractivity contribution in [2.24, 2.45) is 0 Å². The van der Waals surface area contributed by atoms with Gasteiger partial charge in [0.05, 0.1) is 7.11 Å². The van der Waals surface area contributed by atoms with Crippen molar-refractivity contribution in [1.82, 2.24) is 5.32 Å². The number of hydrogen-bond acceptors (Lipinski definition) is 3. The van der Waals surface area contributed by atoms with Crippen LogP contribution in [0.5, 0.6) is 11.5 Å². The number of benzene rings is 3. The molecule has 0 heterocycles. The number of aryl methyl sites for hydroxylation is 1. The summed E-state index contributed by atoms with van der Waals surface area (Å²) in [6.07, 6.45) is 3.28. The lowest BCUT2D eigenvalue weighted by atomic mass is 10.1. The van der Waals surface area contributed by atoms with Crippen molar-refractivity contribution in [3.63, 3.8) is 0 Å². The van der Waals surface area contributed by atoms with E-state index in [9.17, 15) is 4.79 Å². The normalized spacial score (nSPS) is 10.7. The molecule has 3 rings (SSSR count). The van der Waals surface area contributed by atoms with Gasteiger partial charge in [-0.2, -0.15) is 0 Å². The fourth-order valence-electron chi connectivity index (χ4n) is 2.77. The van der Waals surface area contributed by atoms with E-state index in [1.54, 1.807) is 13.2 Å². The molecule has 29 heavy (non-hydrogen) atoms. The Morgan fingerprint density at radius 1 is 0.931 bits per heavy atom. The standard InChI is InChI=1S/C25H25NO3/c1-19-8-10-21(11-9-19)17-26-25(27)15-13-20-12-14-23(24(16-20)28-2)29-18-22-6-4-3-5-7-22/h3-16H,17-18H2,1-2H3,(H,26,27)/b15-13+. The summed E-state index contributed by atoms with van der Waals surface area (Å²) in [4.78, 5) is 12.1. The molecule has 4 heteroatoms. The summed E-state index contributed by atoms with van der Waals surface area (Å²) in [6.45, 7) is 3.00. The molecule has 3 aromatic rings. The highest BCUT2D eigenvalue weighted by atomic mass is 16.5. The maximum Gasteiger partial charge on any atom is 0.244 e. The first-order valence-electron chi connectivity index (χ1n) is 9.50. The largest absolute Gasteiger partial charge is 0.493 e. The topological polar surface area (TPSA) is 47.6 Å². The Morgan fingerprint density at radius 2 is 1.69 bits per heavy atom. The van der Waals surface area contributed by atoms with Gasteiger partial charge in [-0.15, -0.1) is 0 Å². The summed E-state index contributed by atoms with van der Waals surface area (Å²) in [5.41, 5.74) is 4.22. The minimum Gasteiger partial charge on any atom is -0.493 e. The van der Waals surface area contributed by atoms with E-state index in [0.29, 0.717) is 24.7 Å². The zero-order chi connectivity index (χ0) is 20.5. The Hall–Kier alpha value is -3.53. The average Bonchev–Trinajstić information content (AvgIpc) is 2.76. The number of nitrogens with one attached hydrogen (secondary N) is 1. The van der Waals surface area contributed by atoms with Crippen LogP contribution in [0.15, 0.2) is 78.9 Å². The second kappa shape index (κ2) is 10.1. The Morgan fingerprint density at radius 3 is 2.41 bits per heavy atom. The van der Waals surface area contributed by atoms with Gasteiger partial charge >= 0.3 is 0 Å². The Kier molecular flexibility index (Phi) is 7.06. The van der Waals surface area contributed by atoms with Gasteiger partial charge in [0.2, 0.25) is 5.91 Å². The average molecular weight is 387 g/mol. The monoisotopic (exact) mass is 387 g/mol. The highest BCUT2D eigenvalue weighted by molar-refractivity contribution is 5.91. The summed E-state index contributed by atoms with van der Waals surface area (Å²) in [6, 6.07) is 23.6. The van der Waals surface area contributed by atoms with E-state index in [-0.39, 0.29) is 5.91 Å². The third-order valence-electron chi connectivity index (χ3n) is 4.44. The zero-order valence-electron chi connectivity index (χ0n) is 16.7. The highest BCUT2D eigenvalue weighted by Gasteiger charge is 2.06. The molecule has 0 saturated carbocycles. The highest BCUT2D eigenvalue weighted by Crippen LogP contribution is 2.29. The van der Waals surface area contributed by atoms with Gasteiger partial charge in [-0.3, -0.25) is 4.79 Å². The van der Waals surface area contributed by atoms with Crippen LogP contribution in [0.3, 0.4) is 0 Å². The number of methoxy groups -OCH3 is 1. The molecule has 0 bridgehead atoms. The van der Waals surface area contributed by atoms with Crippen LogP contribution in [0.4, 0.5) is 0 Å². The smallest absolute Gasteiger partial charge is 0.244 e. The molecule has 0 atom stereocenters. The van der Waals surface area contributed by atoms with Crippen molar-refractivity contribution in [3.05, 3.63) is 101 Å². The van der Waals surface area contributed by atoms with Crippen LogP contribution in [0.25, 0.3) is 6.08 Å². The first-order chi connectivity index (χ1) is 14.1. The molecule has 0 fully saturated rings. The van der Waals surface area contributed by atoms with Gasteiger partial charge in [0.1, 0.15) is 6.61 Å². The number of rotatable bonds is 8. The third kappa shape index (κ3) is 6.25. The Bertz CT molecular complexity index is 963. The van der Waals surface area contributed by atoms with Crippen molar-refractivity contribution in [2.45, 2.75) is 20.1 Å². The Balaban J connectivity index is 1.57. The minimum atomic E-state index is -0.144. The van der Waals surface area contributed by atoms with Gasteiger partial charge in [-0.1, -0.05) is 66.2 Å².